The van der Waals surface area contributed by atoms with Crippen molar-refractivity contribution in [3.63, 3.8) is 0 Å². The third kappa shape index (κ3) is 4.07. The molecule has 0 saturated heterocycles. The molecule has 6 heteroatoms. The van der Waals surface area contributed by atoms with E-state index in [0.29, 0.717) is 23.4 Å². The van der Waals surface area contributed by atoms with Gasteiger partial charge in [-0.2, -0.15) is 0 Å². The quantitative estimate of drug-likeness (QED) is 0.712. The van der Waals surface area contributed by atoms with Crippen molar-refractivity contribution in [2.45, 2.75) is 13.8 Å². The topological polar surface area (TPSA) is 67.9 Å². The van der Waals surface area contributed by atoms with Crippen LogP contribution >= 0.6 is 0 Å². The summed E-state index contributed by atoms with van der Waals surface area (Å²) in [6.45, 7) is 4.97. The molecule has 28 heavy (non-hydrogen) atoms. The first kappa shape index (κ1) is 19.6. The predicted octanol–water partition coefficient (Wildman–Crippen LogP) is 3.23. The summed E-state index contributed by atoms with van der Waals surface area (Å²) in [6.07, 6.45) is 0. The number of carbonyl (C=O) groups is 2. The van der Waals surface area contributed by atoms with E-state index in [0.717, 1.165) is 11.3 Å². The maximum Gasteiger partial charge on any atom is 0.278 e. The van der Waals surface area contributed by atoms with Crippen LogP contribution in [-0.4, -0.2) is 43.6 Å². The average molecular weight is 380 g/mol. The van der Waals surface area contributed by atoms with Gasteiger partial charge in [0.25, 0.3) is 11.8 Å². The van der Waals surface area contributed by atoms with E-state index in [1.165, 1.54) is 4.90 Å². The smallest absolute Gasteiger partial charge is 0.278 e. The number of nitrogens with one attached hydrogen (secondary N) is 1. The molecule has 0 radical (unpaired) electrons. The number of amides is 2. The Morgan fingerprint density at radius 1 is 0.964 bits per heavy atom. The molecule has 2 aromatic carbocycles. The lowest BCUT2D eigenvalue weighted by Gasteiger charge is -2.14. The van der Waals surface area contributed by atoms with Crippen molar-refractivity contribution < 1.29 is 19.1 Å². The van der Waals surface area contributed by atoms with Gasteiger partial charge in [-0.05, 0) is 43.7 Å². The van der Waals surface area contributed by atoms with Gasteiger partial charge in [0.2, 0.25) is 0 Å². The van der Waals surface area contributed by atoms with E-state index in [-0.39, 0.29) is 30.7 Å². The van der Waals surface area contributed by atoms with Crippen LogP contribution in [0.3, 0.4) is 0 Å². The SMILES string of the molecule is CCOc1ccc(NC2=C(c3ccc(C)cc3)C(=O)N(CCOC)C2=O)cc1. The Balaban J connectivity index is 1.96. The van der Waals surface area contributed by atoms with Gasteiger partial charge in [0.05, 0.1) is 25.3 Å². The molecule has 0 bridgehead atoms. The fourth-order valence-electron chi connectivity index (χ4n) is 3.01. The number of imide groups is 1. The van der Waals surface area contributed by atoms with Gasteiger partial charge in [-0.15, -0.1) is 0 Å². The zero-order valence-electron chi connectivity index (χ0n) is 16.3. The minimum atomic E-state index is -0.355. The minimum Gasteiger partial charge on any atom is -0.494 e. The predicted molar refractivity (Wildman–Crippen MR) is 108 cm³/mol. The van der Waals surface area contributed by atoms with Crippen LogP contribution in [0.5, 0.6) is 5.75 Å². The van der Waals surface area contributed by atoms with Crippen LogP contribution in [0.1, 0.15) is 18.1 Å². The van der Waals surface area contributed by atoms with E-state index < -0.39 is 0 Å². The second-order valence-electron chi connectivity index (χ2n) is 6.45. The zero-order chi connectivity index (χ0) is 20.1. The number of ether oxygens (including phenoxy) is 2. The van der Waals surface area contributed by atoms with Crippen molar-refractivity contribution >= 4 is 23.1 Å². The number of carbonyl (C=O) groups excluding carboxylic acids is 2. The molecule has 0 spiro atoms. The van der Waals surface area contributed by atoms with Crippen LogP contribution in [0.2, 0.25) is 0 Å². The number of benzene rings is 2. The van der Waals surface area contributed by atoms with E-state index >= 15 is 0 Å². The number of anilines is 1. The van der Waals surface area contributed by atoms with Crippen LogP contribution < -0.4 is 10.1 Å². The standard InChI is InChI=1S/C22H24N2O4/c1-4-28-18-11-9-17(10-12-18)23-20-19(16-7-5-15(2)6-8-16)21(25)24(22(20)26)13-14-27-3/h5-12,23H,4,13-14H2,1-3H3. The first-order valence-electron chi connectivity index (χ1n) is 9.21. The summed E-state index contributed by atoms with van der Waals surface area (Å²) in [5, 5.41) is 3.13. The van der Waals surface area contributed by atoms with Gasteiger partial charge in [0, 0.05) is 12.8 Å². The number of nitrogens with zero attached hydrogens (tertiary/aromatic N) is 1. The van der Waals surface area contributed by atoms with Crippen LogP contribution in [-0.2, 0) is 14.3 Å². The van der Waals surface area contributed by atoms with E-state index in [1.54, 1.807) is 7.11 Å². The Morgan fingerprint density at radius 3 is 2.25 bits per heavy atom. The molecule has 0 aromatic heterocycles. The maximum absolute atomic E-state index is 13.0. The highest BCUT2D eigenvalue weighted by Gasteiger charge is 2.38. The van der Waals surface area contributed by atoms with Gasteiger partial charge >= 0.3 is 0 Å². The Bertz CT molecular complexity index is 886. The molecule has 2 aromatic rings. The Morgan fingerprint density at radius 2 is 1.64 bits per heavy atom. The Kier molecular flexibility index (Phi) is 6.11. The van der Waals surface area contributed by atoms with Gasteiger partial charge in [0.1, 0.15) is 11.4 Å². The molecule has 0 saturated carbocycles. The van der Waals surface area contributed by atoms with Crippen molar-refractivity contribution in [3.8, 4) is 5.75 Å². The first-order valence-corrected chi connectivity index (χ1v) is 9.21. The summed E-state index contributed by atoms with van der Waals surface area (Å²) < 4.78 is 10.5. The van der Waals surface area contributed by atoms with Crippen LogP contribution in [0, 0.1) is 6.92 Å². The van der Waals surface area contributed by atoms with Gasteiger partial charge < -0.3 is 14.8 Å². The van der Waals surface area contributed by atoms with Crippen molar-refractivity contribution in [1.82, 2.24) is 4.90 Å². The van der Waals surface area contributed by atoms with Gasteiger partial charge in [0.15, 0.2) is 0 Å². The van der Waals surface area contributed by atoms with Crippen molar-refractivity contribution in [2.24, 2.45) is 0 Å². The third-order valence-electron chi connectivity index (χ3n) is 4.46. The number of rotatable bonds is 8. The lowest BCUT2D eigenvalue weighted by Crippen LogP contribution is -2.35. The summed E-state index contributed by atoms with van der Waals surface area (Å²) in [5.41, 5.74) is 3.14. The molecule has 0 aliphatic carbocycles. The lowest BCUT2D eigenvalue weighted by atomic mass is 10.0. The zero-order valence-corrected chi connectivity index (χ0v) is 16.3. The summed E-state index contributed by atoms with van der Waals surface area (Å²) in [4.78, 5) is 27.1. The van der Waals surface area contributed by atoms with Crippen LogP contribution in [0.25, 0.3) is 5.57 Å². The monoisotopic (exact) mass is 380 g/mol. The first-order chi connectivity index (χ1) is 13.5. The van der Waals surface area contributed by atoms with E-state index in [9.17, 15) is 9.59 Å². The van der Waals surface area contributed by atoms with Gasteiger partial charge in [-0.3, -0.25) is 14.5 Å². The van der Waals surface area contributed by atoms with E-state index in [4.69, 9.17) is 9.47 Å². The molecule has 0 atom stereocenters. The molecule has 1 aliphatic heterocycles. The van der Waals surface area contributed by atoms with Gasteiger partial charge in [-0.1, -0.05) is 29.8 Å². The van der Waals surface area contributed by atoms with Gasteiger partial charge in [-0.25, -0.2) is 0 Å². The molecule has 146 valence electrons. The molecule has 0 unspecified atom stereocenters. The van der Waals surface area contributed by atoms with Crippen LogP contribution in [0.4, 0.5) is 5.69 Å². The molecule has 1 aliphatic rings. The lowest BCUT2D eigenvalue weighted by molar-refractivity contribution is -0.137. The highest BCUT2D eigenvalue weighted by Crippen LogP contribution is 2.31. The molecule has 1 heterocycles. The molecule has 2 amide bonds. The van der Waals surface area contributed by atoms with Crippen LogP contribution in [0.15, 0.2) is 54.2 Å². The van der Waals surface area contributed by atoms with Crippen molar-refractivity contribution in [1.29, 1.82) is 0 Å². The number of hydrogen-bond donors (Lipinski definition) is 1. The number of methoxy groups -OCH3 is 1. The van der Waals surface area contributed by atoms with Crippen molar-refractivity contribution in [2.75, 3.05) is 32.2 Å². The van der Waals surface area contributed by atoms with E-state index in [2.05, 4.69) is 5.32 Å². The summed E-state index contributed by atoms with van der Waals surface area (Å²) in [5.74, 6) is 0.0715. The second kappa shape index (κ2) is 8.71. The summed E-state index contributed by atoms with van der Waals surface area (Å²) >= 11 is 0. The minimum absolute atomic E-state index is 0.206. The molecular weight excluding hydrogens is 356 g/mol. The average Bonchev–Trinajstić information content (AvgIpc) is 2.92. The molecule has 1 N–H and O–H groups in total. The largest absolute Gasteiger partial charge is 0.494 e. The fourth-order valence-corrected chi connectivity index (χ4v) is 3.01. The highest BCUT2D eigenvalue weighted by atomic mass is 16.5. The highest BCUT2D eigenvalue weighted by molar-refractivity contribution is 6.36. The Labute approximate surface area is 164 Å². The second-order valence-corrected chi connectivity index (χ2v) is 6.45. The number of aryl methyl sites for hydroxylation is 1. The summed E-state index contributed by atoms with van der Waals surface area (Å²) in [7, 11) is 1.54. The molecule has 0 fully saturated rings. The Hall–Kier alpha value is -3.12. The third-order valence-corrected chi connectivity index (χ3v) is 4.46. The fraction of sp³-hybridized carbons (Fsp3) is 0.273. The van der Waals surface area contributed by atoms with E-state index in [1.807, 2.05) is 62.4 Å². The molecule has 3 rings (SSSR count). The summed E-state index contributed by atoms with van der Waals surface area (Å²) in [6, 6.07) is 14.8. The maximum atomic E-state index is 13.0. The number of hydrogen-bond acceptors (Lipinski definition) is 5. The molecule has 6 nitrogen and oxygen atoms in total. The normalized spacial score (nSPS) is 14.0. The molecular formula is C22H24N2O4. The van der Waals surface area contributed by atoms with Crippen molar-refractivity contribution in [3.05, 3.63) is 65.4 Å².